The molecule has 1 heterocycles. The minimum Gasteiger partial charge on any atom is -0.493 e. The molecule has 0 fully saturated rings. The Labute approximate surface area is 122 Å². The third kappa shape index (κ3) is 3.47. The molecular formula is C15H17NO5. The first-order valence-corrected chi connectivity index (χ1v) is 6.31. The standard InChI is InChI=1S/C15H17NO5/c1-18-12-6-4-10(8-14(12)19-2)16-9-11-5-7-13(21-11)15(17)20-3/h4-8,16H,9H2,1-3H3. The fourth-order valence-electron chi connectivity index (χ4n) is 1.82. The Bertz CT molecular complexity index is 620. The lowest BCUT2D eigenvalue weighted by Crippen LogP contribution is -2.00. The van der Waals surface area contributed by atoms with Gasteiger partial charge in [-0.1, -0.05) is 0 Å². The van der Waals surface area contributed by atoms with E-state index in [1.807, 2.05) is 18.2 Å². The van der Waals surface area contributed by atoms with Crippen molar-refractivity contribution in [3.05, 3.63) is 41.9 Å². The molecule has 0 aliphatic heterocycles. The van der Waals surface area contributed by atoms with Crippen molar-refractivity contribution in [2.45, 2.75) is 6.54 Å². The number of furan rings is 1. The number of hydrogen-bond donors (Lipinski definition) is 1. The molecule has 0 aliphatic carbocycles. The van der Waals surface area contributed by atoms with Crippen molar-refractivity contribution >= 4 is 11.7 Å². The number of hydrogen-bond acceptors (Lipinski definition) is 6. The van der Waals surface area contributed by atoms with Gasteiger partial charge in [-0.15, -0.1) is 0 Å². The molecule has 0 radical (unpaired) electrons. The molecule has 0 aliphatic rings. The fraction of sp³-hybridized carbons (Fsp3) is 0.267. The molecule has 0 unspecified atom stereocenters. The Morgan fingerprint density at radius 3 is 2.52 bits per heavy atom. The number of carbonyl (C=O) groups excluding carboxylic acids is 1. The van der Waals surface area contributed by atoms with Gasteiger partial charge in [-0.25, -0.2) is 4.79 Å². The summed E-state index contributed by atoms with van der Waals surface area (Å²) >= 11 is 0. The van der Waals surface area contributed by atoms with Crippen LogP contribution in [0.25, 0.3) is 0 Å². The third-order valence-corrected chi connectivity index (χ3v) is 2.90. The van der Waals surface area contributed by atoms with Crippen LogP contribution < -0.4 is 14.8 Å². The molecule has 0 spiro atoms. The molecule has 0 saturated heterocycles. The zero-order chi connectivity index (χ0) is 15.2. The van der Waals surface area contributed by atoms with Crippen molar-refractivity contribution in [3.8, 4) is 11.5 Å². The van der Waals surface area contributed by atoms with E-state index in [0.29, 0.717) is 23.8 Å². The van der Waals surface area contributed by atoms with Crippen LogP contribution in [0.1, 0.15) is 16.3 Å². The molecule has 6 nitrogen and oxygen atoms in total. The Balaban J connectivity index is 2.02. The number of anilines is 1. The van der Waals surface area contributed by atoms with Crippen molar-refractivity contribution in [2.24, 2.45) is 0 Å². The molecule has 2 aromatic rings. The maximum Gasteiger partial charge on any atom is 0.373 e. The van der Waals surface area contributed by atoms with Crippen LogP contribution in [-0.2, 0) is 11.3 Å². The highest BCUT2D eigenvalue weighted by Crippen LogP contribution is 2.29. The topological polar surface area (TPSA) is 69.9 Å². The highest BCUT2D eigenvalue weighted by atomic mass is 16.5. The van der Waals surface area contributed by atoms with E-state index in [9.17, 15) is 4.79 Å². The van der Waals surface area contributed by atoms with Gasteiger partial charge >= 0.3 is 5.97 Å². The van der Waals surface area contributed by atoms with Gasteiger partial charge in [0.15, 0.2) is 11.5 Å². The van der Waals surface area contributed by atoms with Crippen LogP contribution in [0.15, 0.2) is 34.7 Å². The number of methoxy groups -OCH3 is 3. The Morgan fingerprint density at radius 1 is 1.10 bits per heavy atom. The summed E-state index contributed by atoms with van der Waals surface area (Å²) in [4.78, 5) is 11.3. The highest BCUT2D eigenvalue weighted by Gasteiger charge is 2.11. The van der Waals surface area contributed by atoms with Crippen molar-refractivity contribution in [3.63, 3.8) is 0 Å². The summed E-state index contributed by atoms with van der Waals surface area (Å²) in [7, 11) is 4.48. The number of ether oxygens (including phenoxy) is 3. The van der Waals surface area contributed by atoms with Gasteiger partial charge in [0.2, 0.25) is 5.76 Å². The Kier molecular flexibility index (Phi) is 4.71. The number of carbonyl (C=O) groups is 1. The zero-order valence-corrected chi connectivity index (χ0v) is 12.1. The number of nitrogens with one attached hydrogen (secondary N) is 1. The molecule has 1 aromatic carbocycles. The normalized spacial score (nSPS) is 10.0. The van der Waals surface area contributed by atoms with Gasteiger partial charge in [-0.3, -0.25) is 0 Å². The second kappa shape index (κ2) is 6.69. The van der Waals surface area contributed by atoms with Crippen molar-refractivity contribution in [1.82, 2.24) is 0 Å². The predicted octanol–water partition coefficient (Wildman–Crippen LogP) is 2.70. The second-order valence-corrected chi connectivity index (χ2v) is 4.18. The molecule has 2 rings (SSSR count). The molecule has 0 saturated carbocycles. The first-order valence-electron chi connectivity index (χ1n) is 6.31. The van der Waals surface area contributed by atoms with Crippen LogP contribution >= 0.6 is 0 Å². The van der Waals surface area contributed by atoms with E-state index >= 15 is 0 Å². The summed E-state index contributed by atoms with van der Waals surface area (Å²) in [5.41, 5.74) is 0.851. The van der Waals surface area contributed by atoms with Crippen LogP contribution in [0.5, 0.6) is 11.5 Å². The lowest BCUT2D eigenvalue weighted by Gasteiger charge is -2.10. The number of rotatable bonds is 6. The van der Waals surface area contributed by atoms with Crippen molar-refractivity contribution in [2.75, 3.05) is 26.6 Å². The van der Waals surface area contributed by atoms with Crippen LogP contribution in [-0.4, -0.2) is 27.3 Å². The van der Waals surface area contributed by atoms with Crippen LogP contribution in [0, 0.1) is 0 Å². The van der Waals surface area contributed by atoms with E-state index in [2.05, 4.69) is 10.1 Å². The molecule has 1 N–H and O–H groups in total. The number of esters is 1. The minimum absolute atomic E-state index is 0.182. The largest absolute Gasteiger partial charge is 0.493 e. The van der Waals surface area contributed by atoms with E-state index in [0.717, 1.165) is 5.69 Å². The number of benzene rings is 1. The fourth-order valence-corrected chi connectivity index (χ4v) is 1.82. The molecule has 0 atom stereocenters. The van der Waals surface area contributed by atoms with Crippen LogP contribution in [0.2, 0.25) is 0 Å². The minimum atomic E-state index is -0.493. The summed E-state index contributed by atoms with van der Waals surface area (Å²) in [6.45, 7) is 0.437. The Morgan fingerprint density at radius 2 is 1.86 bits per heavy atom. The van der Waals surface area contributed by atoms with E-state index in [1.165, 1.54) is 7.11 Å². The SMILES string of the molecule is COC(=O)c1ccc(CNc2ccc(OC)c(OC)c2)o1. The maximum atomic E-state index is 11.3. The quantitative estimate of drug-likeness (QED) is 0.825. The zero-order valence-electron chi connectivity index (χ0n) is 12.1. The summed E-state index contributed by atoms with van der Waals surface area (Å²) in [5.74, 6) is 1.62. The summed E-state index contributed by atoms with van der Waals surface area (Å²) in [6, 6.07) is 8.80. The van der Waals surface area contributed by atoms with Crippen LogP contribution in [0.4, 0.5) is 5.69 Å². The molecule has 0 amide bonds. The van der Waals surface area contributed by atoms with E-state index < -0.39 is 5.97 Å². The van der Waals surface area contributed by atoms with Crippen molar-refractivity contribution < 1.29 is 23.4 Å². The second-order valence-electron chi connectivity index (χ2n) is 4.18. The summed E-state index contributed by atoms with van der Waals surface area (Å²) in [6.07, 6.45) is 0. The smallest absolute Gasteiger partial charge is 0.373 e. The monoisotopic (exact) mass is 291 g/mol. The van der Waals surface area contributed by atoms with Crippen molar-refractivity contribution in [1.29, 1.82) is 0 Å². The summed E-state index contributed by atoms with van der Waals surface area (Å²) < 4.78 is 20.4. The first kappa shape index (κ1) is 14.8. The Hall–Kier alpha value is -2.63. The third-order valence-electron chi connectivity index (χ3n) is 2.90. The van der Waals surface area contributed by atoms with Gasteiger partial charge in [-0.2, -0.15) is 0 Å². The van der Waals surface area contributed by atoms with Gasteiger partial charge in [0.25, 0.3) is 0 Å². The lowest BCUT2D eigenvalue weighted by molar-refractivity contribution is 0.0563. The van der Waals surface area contributed by atoms with Gasteiger partial charge in [0.05, 0.1) is 27.9 Å². The molecule has 0 bridgehead atoms. The lowest BCUT2D eigenvalue weighted by atomic mass is 10.2. The average Bonchev–Trinajstić information content (AvgIpc) is 3.00. The summed E-state index contributed by atoms with van der Waals surface area (Å²) in [5, 5.41) is 3.18. The van der Waals surface area contributed by atoms with E-state index in [1.54, 1.807) is 26.4 Å². The average molecular weight is 291 g/mol. The van der Waals surface area contributed by atoms with E-state index in [4.69, 9.17) is 13.9 Å². The molecule has 1 aromatic heterocycles. The predicted molar refractivity (Wildman–Crippen MR) is 76.9 cm³/mol. The van der Waals surface area contributed by atoms with Gasteiger partial charge in [0.1, 0.15) is 5.76 Å². The molecule has 21 heavy (non-hydrogen) atoms. The maximum absolute atomic E-state index is 11.3. The van der Waals surface area contributed by atoms with E-state index in [-0.39, 0.29) is 5.76 Å². The highest BCUT2D eigenvalue weighted by molar-refractivity contribution is 5.86. The molecule has 112 valence electrons. The van der Waals surface area contributed by atoms with Gasteiger partial charge in [-0.05, 0) is 24.3 Å². The molecular weight excluding hydrogens is 274 g/mol. The van der Waals surface area contributed by atoms with Crippen LogP contribution in [0.3, 0.4) is 0 Å². The van der Waals surface area contributed by atoms with Gasteiger partial charge in [0, 0.05) is 11.8 Å². The molecule has 6 heteroatoms. The first-order chi connectivity index (χ1) is 10.2. The van der Waals surface area contributed by atoms with Gasteiger partial charge < -0.3 is 23.9 Å².